The summed E-state index contributed by atoms with van der Waals surface area (Å²) in [7, 11) is 0. The Balaban J connectivity index is 1.98. The summed E-state index contributed by atoms with van der Waals surface area (Å²) in [4.78, 5) is 2.10. The Labute approximate surface area is 152 Å². The standard InChI is InChI=1S/C20H21ClFN3/c1-2-17(23)18-12-24-10-9-16(21)20(24)19(13-5-3-6-13)25(18)15-8-4-7-14(22)11-15/h4,7-12,17H,2-3,5-6,23H2,1H3. The van der Waals surface area contributed by atoms with Gasteiger partial charge in [0.15, 0.2) is 0 Å². The molecule has 25 heavy (non-hydrogen) atoms. The van der Waals surface area contributed by atoms with Gasteiger partial charge in [-0.2, -0.15) is 0 Å². The molecule has 2 aliphatic rings. The van der Waals surface area contributed by atoms with Crippen molar-refractivity contribution in [3.8, 4) is 0 Å². The number of nitrogens with two attached hydrogens (primary N) is 1. The second kappa shape index (κ2) is 6.36. The van der Waals surface area contributed by atoms with Gasteiger partial charge in [-0.05, 0) is 55.5 Å². The van der Waals surface area contributed by atoms with Crippen LogP contribution in [0.3, 0.4) is 0 Å². The number of anilines is 1. The van der Waals surface area contributed by atoms with Crippen LogP contribution in [0.25, 0.3) is 11.9 Å². The summed E-state index contributed by atoms with van der Waals surface area (Å²) in [6, 6.07) is 8.43. The van der Waals surface area contributed by atoms with Crippen LogP contribution in [0, 0.1) is 5.82 Å². The van der Waals surface area contributed by atoms with E-state index in [2.05, 4.69) is 11.8 Å². The number of aromatic nitrogens is 1. The molecule has 1 fully saturated rings. The molecule has 1 aromatic heterocycles. The third-order valence-electron chi connectivity index (χ3n) is 5.02. The number of hydrogen-bond acceptors (Lipinski definition) is 2. The molecule has 2 N–H and O–H groups in total. The van der Waals surface area contributed by atoms with Gasteiger partial charge in [-0.15, -0.1) is 0 Å². The van der Waals surface area contributed by atoms with Gasteiger partial charge < -0.3 is 15.2 Å². The number of allylic oxidation sites excluding steroid dienone is 1. The third-order valence-corrected chi connectivity index (χ3v) is 5.33. The fraction of sp³-hybridized carbons (Fsp3) is 0.300. The molecular weight excluding hydrogens is 337 g/mol. The lowest BCUT2D eigenvalue weighted by Crippen LogP contribution is -2.38. The van der Waals surface area contributed by atoms with Crippen LogP contribution in [0.2, 0.25) is 5.02 Å². The first-order chi connectivity index (χ1) is 12.1. The van der Waals surface area contributed by atoms with Crippen LogP contribution in [0.4, 0.5) is 10.1 Å². The quantitative estimate of drug-likeness (QED) is 0.815. The topological polar surface area (TPSA) is 34.2 Å². The van der Waals surface area contributed by atoms with Crippen LogP contribution < -0.4 is 10.6 Å². The number of nitrogens with zero attached hydrogens (tertiary/aromatic N) is 2. The SMILES string of the molecule is CCC(N)C1=Cn2ccc(Cl)c2C(=C2CCC2)N1c1cccc(F)c1. The van der Waals surface area contributed by atoms with E-state index in [-0.39, 0.29) is 11.9 Å². The van der Waals surface area contributed by atoms with E-state index >= 15 is 0 Å². The van der Waals surface area contributed by atoms with Gasteiger partial charge in [0.2, 0.25) is 0 Å². The molecule has 3 nitrogen and oxygen atoms in total. The van der Waals surface area contributed by atoms with Crippen LogP contribution in [0.5, 0.6) is 0 Å². The molecule has 0 saturated heterocycles. The molecule has 0 radical (unpaired) electrons. The maximum absolute atomic E-state index is 13.9. The maximum Gasteiger partial charge on any atom is 0.125 e. The van der Waals surface area contributed by atoms with E-state index in [9.17, 15) is 4.39 Å². The second-order valence-corrected chi connectivity index (χ2v) is 7.02. The first-order valence-corrected chi connectivity index (χ1v) is 9.09. The fourth-order valence-electron chi connectivity index (χ4n) is 3.48. The van der Waals surface area contributed by atoms with E-state index < -0.39 is 0 Å². The predicted molar refractivity (Wildman–Crippen MR) is 102 cm³/mol. The molecule has 1 aliphatic heterocycles. The number of rotatable bonds is 3. The lowest BCUT2D eigenvalue weighted by Gasteiger charge is -2.39. The zero-order valence-electron chi connectivity index (χ0n) is 14.2. The van der Waals surface area contributed by atoms with Gasteiger partial charge in [-0.3, -0.25) is 0 Å². The smallest absolute Gasteiger partial charge is 0.125 e. The Morgan fingerprint density at radius 1 is 1.28 bits per heavy atom. The molecule has 0 spiro atoms. The second-order valence-electron chi connectivity index (χ2n) is 6.61. The van der Waals surface area contributed by atoms with Crippen molar-refractivity contribution in [2.75, 3.05) is 4.90 Å². The molecule has 0 amide bonds. The van der Waals surface area contributed by atoms with Crippen molar-refractivity contribution in [1.29, 1.82) is 0 Å². The van der Waals surface area contributed by atoms with Gasteiger partial charge in [0.05, 0.1) is 22.1 Å². The number of fused-ring (bicyclic) bond motifs is 1. The van der Waals surface area contributed by atoms with E-state index in [0.717, 1.165) is 42.0 Å². The van der Waals surface area contributed by atoms with Crippen molar-refractivity contribution in [2.24, 2.45) is 5.73 Å². The van der Waals surface area contributed by atoms with Crippen LogP contribution in [0.15, 0.2) is 47.8 Å². The highest BCUT2D eigenvalue weighted by Gasteiger charge is 2.33. The lowest BCUT2D eigenvalue weighted by atomic mass is 9.88. The predicted octanol–water partition coefficient (Wildman–Crippen LogP) is 5.23. The van der Waals surface area contributed by atoms with Crippen molar-refractivity contribution < 1.29 is 4.39 Å². The Bertz CT molecular complexity index is 875. The molecule has 5 heteroatoms. The van der Waals surface area contributed by atoms with Crippen molar-refractivity contribution in [3.63, 3.8) is 0 Å². The molecule has 4 rings (SSSR count). The van der Waals surface area contributed by atoms with Crippen LogP contribution in [-0.4, -0.2) is 10.6 Å². The summed E-state index contributed by atoms with van der Waals surface area (Å²) in [5.74, 6) is -0.257. The van der Waals surface area contributed by atoms with E-state index in [0.29, 0.717) is 5.02 Å². The molecular formula is C20H21ClFN3. The van der Waals surface area contributed by atoms with E-state index in [1.807, 2.05) is 29.1 Å². The Hall–Kier alpha value is -2.04. The summed E-state index contributed by atoms with van der Waals surface area (Å²) in [5.41, 5.74) is 11.5. The van der Waals surface area contributed by atoms with E-state index in [4.69, 9.17) is 17.3 Å². The van der Waals surface area contributed by atoms with Gasteiger partial charge in [0.25, 0.3) is 0 Å². The summed E-state index contributed by atoms with van der Waals surface area (Å²) >= 11 is 6.51. The highest BCUT2D eigenvalue weighted by atomic mass is 35.5. The van der Waals surface area contributed by atoms with Gasteiger partial charge in [0.1, 0.15) is 5.82 Å². The normalized spacial score (nSPS) is 17.9. The average molecular weight is 358 g/mol. The minimum atomic E-state index is -0.257. The minimum absolute atomic E-state index is 0.145. The number of halogens is 2. The average Bonchev–Trinajstić information content (AvgIpc) is 2.93. The summed E-state index contributed by atoms with van der Waals surface area (Å²) in [5, 5.41) is 0.705. The minimum Gasteiger partial charge on any atom is -0.323 e. The van der Waals surface area contributed by atoms with Crippen molar-refractivity contribution in [3.05, 3.63) is 64.3 Å². The highest BCUT2D eigenvalue weighted by molar-refractivity contribution is 6.32. The molecule has 1 aromatic carbocycles. The summed E-state index contributed by atoms with van der Waals surface area (Å²) < 4.78 is 16.0. The number of hydrogen-bond donors (Lipinski definition) is 1. The zero-order valence-corrected chi connectivity index (χ0v) is 14.9. The van der Waals surface area contributed by atoms with Crippen LogP contribution in [0.1, 0.15) is 38.3 Å². The number of benzene rings is 1. The summed E-state index contributed by atoms with van der Waals surface area (Å²) in [6.45, 7) is 2.06. The zero-order chi connectivity index (χ0) is 17.6. The fourth-order valence-corrected chi connectivity index (χ4v) is 3.72. The molecule has 2 heterocycles. The monoisotopic (exact) mass is 357 g/mol. The highest BCUT2D eigenvalue weighted by Crippen LogP contribution is 2.45. The Morgan fingerprint density at radius 2 is 2.08 bits per heavy atom. The first kappa shape index (κ1) is 16.4. The Morgan fingerprint density at radius 3 is 2.72 bits per heavy atom. The molecule has 2 aromatic rings. The summed E-state index contributed by atoms with van der Waals surface area (Å²) in [6.07, 6.45) is 8.03. The molecule has 1 saturated carbocycles. The maximum atomic E-state index is 13.9. The molecule has 1 aliphatic carbocycles. The van der Waals surface area contributed by atoms with E-state index in [1.165, 1.54) is 18.1 Å². The third kappa shape index (κ3) is 2.70. The van der Waals surface area contributed by atoms with Crippen molar-refractivity contribution in [1.82, 2.24) is 4.57 Å². The first-order valence-electron chi connectivity index (χ1n) is 8.72. The van der Waals surface area contributed by atoms with Crippen molar-refractivity contribution in [2.45, 2.75) is 38.6 Å². The van der Waals surface area contributed by atoms with Gasteiger partial charge >= 0.3 is 0 Å². The molecule has 1 unspecified atom stereocenters. The van der Waals surface area contributed by atoms with Crippen molar-refractivity contribution >= 4 is 29.2 Å². The lowest BCUT2D eigenvalue weighted by molar-refractivity contribution is 0.626. The van der Waals surface area contributed by atoms with Crippen LogP contribution >= 0.6 is 11.6 Å². The van der Waals surface area contributed by atoms with Gasteiger partial charge in [-0.1, -0.05) is 24.6 Å². The Kier molecular flexibility index (Phi) is 4.18. The van der Waals surface area contributed by atoms with E-state index in [1.54, 1.807) is 12.1 Å². The van der Waals surface area contributed by atoms with Gasteiger partial charge in [0, 0.05) is 24.1 Å². The van der Waals surface area contributed by atoms with Gasteiger partial charge in [-0.25, -0.2) is 4.39 Å². The molecule has 1 atom stereocenters. The molecule has 0 bridgehead atoms. The molecule has 130 valence electrons. The largest absolute Gasteiger partial charge is 0.323 e. The van der Waals surface area contributed by atoms with Crippen LogP contribution in [-0.2, 0) is 0 Å².